The molecule has 0 saturated heterocycles. The van der Waals surface area contributed by atoms with Crippen LogP contribution in [-0.2, 0) is 6.42 Å². The predicted octanol–water partition coefficient (Wildman–Crippen LogP) is 4.27. The van der Waals surface area contributed by atoms with Crippen molar-refractivity contribution in [3.05, 3.63) is 64.1 Å². The molecule has 2 nitrogen and oxygen atoms in total. The van der Waals surface area contributed by atoms with E-state index in [2.05, 4.69) is 28.1 Å². The Morgan fingerprint density at radius 2 is 1.84 bits per heavy atom. The van der Waals surface area contributed by atoms with Crippen molar-refractivity contribution in [2.75, 3.05) is 6.61 Å². The van der Waals surface area contributed by atoms with Gasteiger partial charge in [-0.2, -0.15) is 0 Å². The minimum absolute atomic E-state index is 0.578. The van der Waals surface area contributed by atoms with Gasteiger partial charge in [-0.25, -0.2) is 0 Å². The van der Waals surface area contributed by atoms with Gasteiger partial charge < -0.3 is 4.74 Å². The first-order valence-corrected chi connectivity index (χ1v) is 7.01. The van der Waals surface area contributed by atoms with E-state index in [9.17, 15) is 4.79 Å². The minimum atomic E-state index is 0.578. The van der Waals surface area contributed by atoms with Gasteiger partial charge in [0.1, 0.15) is 5.75 Å². The Bertz CT molecular complexity index is 538. The number of aldehydes is 1. The summed E-state index contributed by atoms with van der Waals surface area (Å²) in [5, 5.41) is 0. The first-order valence-electron chi connectivity index (χ1n) is 6.21. The number of hydrogen-bond acceptors (Lipinski definition) is 2. The molecule has 3 heteroatoms. The molecule has 0 unspecified atom stereocenters. The quantitative estimate of drug-likeness (QED) is 0.587. The third-order valence-corrected chi connectivity index (χ3v) is 3.45. The molecule has 0 N–H and O–H groups in total. The number of aryl methyl sites for hydroxylation is 1. The second kappa shape index (κ2) is 7.10. The Labute approximate surface area is 121 Å². The van der Waals surface area contributed by atoms with Gasteiger partial charge in [0, 0.05) is 0 Å². The molecule has 2 aromatic rings. The lowest BCUT2D eigenvalue weighted by Gasteiger charge is -2.10. The SMILES string of the molecule is O=Cc1cccc(Br)c1OCCCc1ccccc1. The van der Waals surface area contributed by atoms with E-state index in [-0.39, 0.29) is 0 Å². The lowest BCUT2D eigenvalue weighted by atomic mass is 10.1. The number of hydrogen-bond donors (Lipinski definition) is 0. The summed E-state index contributed by atoms with van der Waals surface area (Å²) < 4.78 is 6.52. The fourth-order valence-corrected chi connectivity index (χ4v) is 2.36. The zero-order chi connectivity index (χ0) is 13.5. The molecule has 0 aromatic heterocycles. The smallest absolute Gasteiger partial charge is 0.153 e. The fraction of sp³-hybridized carbons (Fsp3) is 0.188. The largest absolute Gasteiger partial charge is 0.492 e. The van der Waals surface area contributed by atoms with Crippen LogP contribution in [0.15, 0.2) is 53.0 Å². The summed E-state index contributed by atoms with van der Waals surface area (Å²) in [5.41, 5.74) is 1.88. The highest BCUT2D eigenvalue weighted by Crippen LogP contribution is 2.28. The predicted molar refractivity (Wildman–Crippen MR) is 79.8 cm³/mol. The molecule has 98 valence electrons. The number of rotatable bonds is 6. The van der Waals surface area contributed by atoms with Gasteiger partial charge in [0.05, 0.1) is 16.6 Å². The molecule has 0 aliphatic carbocycles. The number of halogens is 1. The van der Waals surface area contributed by atoms with Gasteiger partial charge in [0.25, 0.3) is 0 Å². The Kier molecular flexibility index (Phi) is 5.16. The molecule has 0 radical (unpaired) electrons. The second-order valence-corrected chi connectivity index (χ2v) is 5.07. The lowest BCUT2D eigenvalue weighted by molar-refractivity contribution is 0.111. The standard InChI is InChI=1S/C16H15BrO2/c17-15-10-4-9-14(12-18)16(15)19-11-5-8-13-6-2-1-3-7-13/h1-4,6-7,9-10,12H,5,8,11H2. The topological polar surface area (TPSA) is 26.3 Å². The van der Waals surface area contributed by atoms with Crippen LogP contribution in [0.3, 0.4) is 0 Å². The van der Waals surface area contributed by atoms with Crippen LogP contribution < -0.4 is 4.74 Å². The molecule has 0 aliphatic heterocycles. The van der Waals surface area contributed by atoms with E-state index in [1.807, 2.05) is 30.3 Å². The van der Waals surface area contributed by atoms with Crippen molar-refractivity contribution in [2.24, 2.45) is 0 Å². The molecule has 0 fully saturated rings. The number of para-hydroxylation sites is 1. The third-order valence-electron chi connectivity index (χ3n) is 2.82. The van der Waals surface area contributed by atoms with Crippen LogP contribution in [0.25, 0.3) is 0 Å². The normalized spacial score (nSPS) is 10.2. The molecule has 0 aliphatic rings. The Morgan fingerprint density at radius 1 is 1.05 bits per heavy atom. The van der Waals surface area contributed by atoms with Crippen LogP contribution in [-0.4, -0.2) is 12.9 Å². The van der Waals surface area contributed by atoms with Gasteiger partial charge in [-0.1, -0.05) is 36.4 Å². The highest BCUT2D eigenvalue weighted by Gasteiger charge is 2.06. The van der Waals surface area contributed by atoms with Crippen LogP contribution in [0.2, 0.25) is 0 Å². The summed E-state index contributed by atoms with van der Waals surface area (Å²) in [6.07, 6.45) is 2.71. The molecule has 2 aromatic carbocycles. The average Bonchev–Trinajstić information content (AvgIpc) is 2.46. The molecule has 0 bridgehead atoms. The summed E-state index contributed by atoms with van der Waals surface area (Å²) in [6.45, 7) is 0.596. The molecule has 0 amide bonds. The van der Waals surface area contributed by atoms with Crippen molar-refractivity contribution in [1.29, 1.82) is 0 Å². The number of carbonyl (C=O) groups is 1. The van der Waals surface area contributed by atoms with Gasteiger partial charge in [-0.3, -0.25) is 4.79 Å². The summed E-state index contributed by atoms with van der Waals surface area (Å²) in [5.74, 6) is 0.630. The maximum absolute atomic E-state index is 10.9. The highest BCUT2D eigenvalue weighted by molar-refractivity contribution is 9.10. The van der Waals surface area contributed by atoms with Gasteiger partial charge in [0.2, 0.25) is 0 Å². The molecule has 0 spiro atoms. The van der Waals surface area contributed by atoms with Crippen LogP contribution in [0.5, 0.6) is 5.75 Å². The van der Waals surface area contributed by atoms with Gasteiger partial charge in [0.15, 0.2) is 6.29 Å². The third kappa shape index (κ3) is 3.93. The van der Waals surface area contributed by atoms with Crippen molar-refractivity contribution in [2.45, 2.75) is 12.8 Å². The van der Waals surface area contributed by atoms with Crippen molar-refractivity contribution < 1.29 is 9.53 Å². The summed E-state index contributed by atoms with van der Waals surface area (Å²) in [4.78, 5) is 10.9. The van der Waals surface area contributed by atoms with Crippen LogP contribution >= 0.6 is 15.9 Å². The van der Waals surface area contributed by atoms with E-state index in [1.54, 1.807) is 6.07 Å². The van der Waals surface area contributed by atoms with Crippen LogP contribution in [0.4, 0.5) is 0 Å². The van der Waals surface area contributed by atoms with E-state index in [1.165, 1.54) is 5.56 Å². The van der Waals surface area contributed by atoms with Crippen molar-refractivity contribution in [3.63, 3.8) is 0 Å². The zero-order valence-electron chi connectivity index (χ0n) is 10.5. The van der Waals surface area contributed by atoms with Gasteiger partial charge in [-0.15, -0.1) is 0 Å². The zero-order valence-corrected chi connectivity index (χ0v) is 12.1. The minimum Gasteiger partial charge on any atom is -0.492 e. The second-order valence-electron chi connectivity index (χ2n) is 4.21. The van der Waals surface area contributed by atoms with E-state index in [0.29, 0.717) is 17.9 Å². The Hall–Kier alpha value is -1.61. The highest BCUT2D eigenvalue weighted by atomic mass is 79.9. The lowest BCUT2D eigenvalue weighted by Crippen LogP contribution is -2.02. The number of benzene rings is 2. The Morgan fingerprint density at radius 3 is 2.58 bits per heavy atom. The van der Waals surface area contributed by atoms with Gasteiger partial charge >= 0.3 is 0 Å². The number of ether oxygens (including phenoxy) is 1. The molecule has 2 rings (SSSR count). The van der Waals surface area contributed by atoms with Gasteiger partial charge in [-0.05, 0) is 46.5 Å². The molecule has 0 atom stereocenters. The summed E-state index contributed by atoms with van der Waals surface area (Å²) >= 11 is 3.40. The molecule has 19 heavy (non-hydrogen) atoms. The Balaban J connectivity index is 1.88. The van der Waals surface area contributed by atoms with E-state index in [4.69, 9.17) is 4.74 Å². The van der Waals surface area contributed by atoms with E-state index in [0.717, 1.165) is 23.6 Å². The number of carbonyl (C=O) groups excluding carboxylic acids is 1. The first-order chi connectivity index (χ1) is 9.31. The maximum Gasteiger partial charge on any atom is 0.153 e. The summed E-state index contributed by atoms with van der Waals surface area (Å²) in [7, 11) is 0. The average molecular weight is 319 g/mol. The molecular weight excluding hydrogens is 304 g/mol. The molecular formula is C16H15BrO2. The summed E-state index contributed by atoms with van der Waals surface area (Å²) in [6, 6.07) is 15.7. The van der Waals surface area contributed by atoms with Crippen molar-refractivity contribution in [3.8, 4) is 5.75 Å². The fourth-order valence-electron chi connectivity index (χ4n) is 1.87. The monoisotopic (exact) mass is 318 g/mol. The van der Waals surface area contributed by atoms with E-state index < -0.39 is 0 Å². The molecule has 0 saturated carbocycles. The van der Waals surface area contributed by atoms with Crippen LogP contribution in [0, 0.1) is 0 Å². The van der Waals surface area contributed by atoms with Crippen LogP contribution in [0.1, 0.15) is 22.3 Å². The van der Waals surface area contributed by atoms with Crippen molar-refractivity contribution in [1.82, 2.24) is 0 Å². The van der Waals surface area contributed by atoms with Crippen molar-refractivity contribution >= 4 is 22.2 Å². The first kappa shape index (κ1) is 13.8. The maximum atomic E-state index is 10.9. The molecule has 0 heterocycles. The van der Waals surface area contributed by atoms with E-state index >= 15 is 0 Å².